The van der Waals surface area contributed by atoms with Crippen molar-refractivity contribution in [3.63, 3.8) is 0 Å². The second-order valence-electron chi connectivity index (χ2n) is 6.37. The Morgan fingerprint density at radius 2 is 1.90 bits per heavy atom. The van der Waals surface area contributed by atoms with Crippen LogP contribution in [0, 0.1) is 0 Å². The van der Waals surface area contributed by atoms with Crippen LogP contribution in [0.4, 0.5) is 0 Å². The van der Waals surface area contributed by atoms with E-state index in [-0.39, 0.29) is 0 Å². The van der Waals surface area contributed by atoms with Crippen molar-refractivity contribution in [1.29, 1.82) is 0 Å². The fraction of sp³-hybridized carbons (Fsp3) is 0.500. The molecular formula is C18H22N2O. The lowest BCUT2D eigenvalue weighted by molar-refractivity contribution is 0.00267. The Morgan fingerprint density at radius 3 is 2.67 bits per heavy atom. The average molecular weight is 282 g/mol. The zero-order valence-electron chi connectivity index (χ0n) is 12.5. The van der Waals surface area contributed by atoms with E-state index in [2.05, 4.69) is 40.2 Å². The minimum absolute atomic E-state index is 0.466. The van der Waals surface area contributed by atoms with Crippen molar-refractivity contribution in [3.05, 3.63) is 42.1 Å². The van der Waals surface area contributed by atoms with E-state index in [4.69, 9.17) is 4.74 Å². The number of pyridine rings is 1. The summed E-state index contributed by atoms with van der Waals surface area (Å²) in [6.45, 7) is 1.05. The second kappa shape index (κ2) is 5.39. The van der Waals surface area contributed by atoms with Crippen LogP contribution < -0.4 is 0 Å². The number of hydrogen-bond acceptors (Lipinski definition) is 3. The molecule has 1 aromatic heterocycles. The van der Waals surface area contributed by atoms with Crippen LogP contribution in [-0.4, -0.2) is 35.2 Å². The number of fused-ring (bicyclic) bond motifs is 3. The molecule has 1 unspecified atom stereocenters. The third-order valence-electron chi connectivity index (χ3n) is 5.27. The molecule has 3 heterocycles. The highest BCUT2D eigenvalue weighted by molar-refractivity contribution is 5.81. The average Bonchev–Trinajstić information content (AvgIpc) is 2.77. The van der Waals surface area contributed by atoms with Gasteiger partial charge in [-0.05, 0) is 43.4 Å². The maximum Gasteiger partial charge on any atom is 0.0705 e. The molecule has 2 aliphatic rings. The van der Waals surface area contributed by atoms with Gasteiger partial charge in [0.05, 0.1) is 11.6 Å². The number of rotatable bonds is 3. The first-order valence-corrected chi connectivity index (χ1v) is 7.96. The van der Waals surface area contributed by atoms with E-state index in [9.17, 15) is 0 Å². The molecule has 0 N–H and O–H groups in total. The van der Waals surface area contributed by atoms with E-state index in [0.717, 1.165) is 12.1 Å². The van der Waals surface area contributed by atoms with Gasteiger partial charge in [-0.15, -0.1) is 0 Å². The van der Waals surface area contributed by atoms with Crippen molar-refractivity contribution in [2.45, 2.75) is 50.4 Å². The number of benzene rings is 1. The van der Waals surface area contributed by atoms with Gasteiger partial charge in [0, 0.05) is 37.3 Å². The maximum atomic E-state index is 5.60. The summed E-state index contributed by atoms with van der Waals surface area (Å²) in [5, 5.41) is 1.30. The maximum absolute atomic E-state index is 5.60. The summed E-state index contributed by atoms with van der Waals surface area (Å²) in [6, 6.07) is 12.0. The summed E-state index contributed by atoms with van der Waals surface area (Å²) in [7, 11) is 1.86. The van der Waals surface area contributed by atoms with Gasteiger partial charge in [-0.2, -0.15) is 0 Å². The highest BCUT2D eigenvalue weighted by atomic mass is 16.5. The zero-order chi connectivity index (χ0) is 14.2. The summed E-state index contributed by atoms with van der Waals surface area (Å²) in [4.78, 5) is 7.18. The third kappa shape index (κ3) is 2.34. The molecule has 2 fully saturated rings. The minimum atomic E-state index is 0.466. The van der Waals surface area contributed by atoms with E-state index in [1.807, 2.05) is 13.3 Å². The molecule has 2 aliphatic heterocycles. The summed E-state index contributed by atoms with van der Waals surface area (Å²) in [5.41, 5.74) is 2.52. The predicted octanol–water partition coefficient (Wildman–Crippen LogP) is 3.38. The van der Waals surface area contributed by atoms with Gasteiger partial charge in [-0.1, -0.05) is 18.2 Å². The zero-order valence-corrected chi connectivity index (χ0v) is 12.5. The van der Waals surface area contributed by atoms with E-state index in [1.54, 1.807) is 0 Å². The first-order chi connectivity index (χ1) is 10.3. The Bertz CT molecular complexity index is 623. The summed E-state index contributed by atoms with van der Waals surface area (Å²) in [5.74, 6) is 0. The molecule has 2 aromatic rings. The molecule has 0 saturated carbocycles. The van der Waals surface area contributed by atoms with Crippen LogP contribution in [0.2, 0.25) is 0 Å². The molecule has 0 aliphatic carbocycles. The monoisotopic (exact) mass is 282 g/mol. The van der Waals surface area contributed by atoms with E-state index in [1.165, 1.54) is 36.6 Å². The molecule has 3 heteroatoms. The molecule has 0 radical (unpaired) electrons. The number of nitrogens with zero attached hydrogens (tertiary/aromatic N) is 2. The quantitative estimate of drug-likeness (QED) is 0.863. The van der Waals surface area contributed by atoms with Gasteiger partial charge in [0.25, 0.3) is 0 Å². The van der Waals surface area contributed by atoms with E-state index >= 15 is 0 Å². The number of aromatic nitrogens is 1. The van der Waals surface area contributed by atoms with Gasteiger partial charge >= 0.3 is 0 Å². The Kier molecular flexibility index (Phi) is 3.40. The van der Waals surface area contributed by atoms with Gasteiger partial charge in [0.15, 0.2) is 0 Å². The highest BCUT2D eigenvalue weighted by Crippen LogP contribution is 2.38. The van der Waals surface area contributed by atoms with Gasteiger partial charge < -0.3 is 4.74 Å². The Hall–Kier alpha value is -1.45. The highest BCUT2D eigenvalue weighted by Gasteiger charge is 2.40. The topological polar surface area (TPSA) is 25.4 Å². The van der Waals surface area contributed by atoms with Crippen LogP contribution in [0.3, 0.4) is 0 Å². The van der Waals surface area contributed by atoms with Crippen molar-refractivity contribution < 1.29 is 4.74 Å². The molecule has 21 heavy (non-hydrogen) atoms. The Balaban J connectivity index is 1.61. The number of methoxy groups -OCH3 is 1. The lowest BCUT2D eigenvalue weighted by Crippen LogP contribution is -2.44. The summed E-state index contributed by atoms with van der Waals surface area (Å²) < 4.78 is 5.60. The van der Waals surface area contributed by atoms with Crippen LogP contribution in [0.5, 0.6) is 0 Å². The van der Waals surface area contributed by atoms with Crippen LogP contribution in [-0.2, 0) is 11.3 Å². The van der Waals surface area contributed by atoms with Crippen LogP contribution in [0.25, 0.3) is 10.9 Å². The van der Waals surface area contributed by atoms with Crippen molar-refractivity contribution >= 4 is 10.9 Å². The van der Waals surface area contributed by atoms with E-state index < -0.39 is 0 Å². The molecule has 2 bridgehead atoms. The van der Waals surface area contributed by atoms with Gasteiger partial charge in [-0.3, -0.25) is 9.88 Å². The SMILES string of the molecule is COC1C[C@H]2CC[C@@H](C1)N2Cc1ccnc2ccccc12. The molecular weight excluding hydrogens is 260 g/mol. The number of ether oxygens (including phenoxy) is 1. The summed E-state index contributed by atoms with van der Waals surface area (Å²) in [6.07, 6.45) is 7.45. The fourth-order valence-corrected chi connectivity index (χ4v) is 4.16. The first kappa shape index (κ1) is 13.2. The van der Waals surface area contributed by atoms with Crippen molar-refractivity contribution in [3.8, 4) is 0 Å². The number of hydrogen-bond donors (Lipinski definition) is 0. The molecule has 2 saturated heterocycles. The molecule has 3 atom stereocenters. The molecule has 0 spiro atoms. The standard InChI is InChI=1S/C18H22N2O/c1-21-16-10-14-6-7-15(11-16)20(14)12-13-8-9-19-18-5-3-2-4-17(13)18/h2-5,8-9,14-16H,6-7,10-12H2,1H3/t14-,15+,16?. The lowest BCUT2D eigenvalue weighted by Gasteiger charge is -2.38. The van der Waals surface area contributed by atoms with Gasteiger partial charge in [-0.25, -0.2) is 0 Å². The largest absolute Gasteiger partial charge is 0.381 e. The predicted molar refractivity (Wildman–Crippen MR) is 84.1 cm³/mol. The molecule has 0 amide bonds. The van der Waals surface area contributed by atoms with Crippen molar-refractivity contribution in [1.82, 2.24) is 9.88 Å². The molecule has 4 rings (SSSR count). The van der Waals surface area contributed by atoms with Crippen LogP contribution in [0.15, 0.2) is 36.5 Å². The fourth-order valence-electron chi connectivity index (χ4n) is 4.16. The number of piperidine rings is 1. The van der Waals surface area contributed by atoms with Crippen molar-refractivity contribution in [2.75, 3.05) is 7.11 Å². The first-order valence-electron chi connectivity index (χ1n) is 7.96. The smallest absolute Gasteiger partial charge is 0.0705 e. The molecule has 1 aromatic carbocycles. The molecule has 110 valence electrons. The summed E-state index contributed by atoms with van der Waals surface area (Å²) >= 11 is 0. The Labute approximate surface area is 125 Å². The second-order valence-corrected chi connectivity index (χ2v) is 6.37. The third-order valence-corrected chi connectivity index (χ3v) is 5.27. The molecule has 3 nitrogen and oxygen atoms in total. The lowest BCUT2D eigenvalue weighted by atomic mass is 9.98. The number of para-hydroxylation sites is 1. The van der Waals surface area contributed by atoms with E-state index in [0.29, 0.717) is 18.2 Å². The normalized spacial score (nSPS) is 29.1. The van der Waals surface area contributed by atoms with Crippen LogP contribution >= 0.6 is 0 Å². The van der Waals surface area contributed by atoms with Crippen LogP contribution in [0.1, 0.15) is 31.2 Å². The van der Waals surface area contributed by atoms with Gasteiger partial charge in [0.1, 0.15) is 0 Å². The Morgan fingerprint density at radius 1 is 1.14 bits per heavy atom. The van der Waals surface area contributed by atoms with Gasteiger partial charge in [0.2, 0.25) is 0 Å². The van der Waals surface area contributed by atoms with Crippen molar-refractivity contribution in [2.24, 2.45) is 0 Å². The minimum Gasteiger partial charge on any atom is -0.381 e.